The summed E-state index contributed by atoms with van der Waals surface area (Å²) in [5.41, 5.74) is 2.85. The van der Waals surface area contributed by atoms with Crippen LogP contribution in [-0.4, -0.2) is 34.9 Å². The van der Waals surface area contributed by atoms with E-state index in [-0.39, 0.29) is 11.9 Å². The van der Waals surface area contributed by atoms with Gasteiger partial charge in [0.15, 0.2) is 0 Å². The van der Waals surface area contributed by atoms with E-state index in [0.29, 0.717) is 10.6 Å². The van der Waals surface area contributed by atoms with Crippen LogP contribution < -0.4 is 5.32 Å². The number of hydrogen-bond acceptors (Lipinski definition) is 3. The SMILES string of the molecule is Cc1ccc(Cl)cc1C(=O)NC1CCN(Cc2cccnc2)CC1. The molecule has 3 rings (SSSR count). The highest BCUT2D eigenvalue weighted by molar-refractivity contribution is 6.31. The van der Waals surface area contributed by atoms with Crippen molar-refractivity contribution in [2.75, 3.05) is 13.1 Å². The highest BCUT2D eigenvalue weighted by atomic mass is 35.5. The van der Waals surface area contributed by atoms with E-state index >= 15 is 0 Å². The first-order valence-corrected chi connectivity index (χ1v) is 8.68. The van der Waals surface area contributed by atoms with E-state index < -0.39 is 0 Å². The molecule has 1 saturated heterocycles. The Hall–Kier alpha value is -1.91. The van der Waals surface area contributed by atoms with Crippen molar-refractivity contribution >= 4 is 17.5 Å². The number of carbonyl (C=O) groups is 1. The largest absolute Gasteiger partial charge is 0.349 e. The zero-order chi connectivity index (χ0) is 16.9. The molecule has 1 fully saturated rings. The lowest BCUT2D eigenvalue weighted by atomic mass is 10.0. The van der Waals surface area contributed by atoms with Gasteiger partial charge in [-0.25, -0.2) is 0 Å². The number of nitrogens with zero attached hydrogens (tertiary/aromatic N) is 2. The molecule has 0 radical (unpaired) electrons. The summed E-state index contributed by atoms with van der Waals surface area (Å²) in [6.45, 7) is 4.81. The van der Waals surface area contributed by atoms with E-state index in [9.17, 15) is 4.79 Å². The third kappa shape index (κ3) is 4.34. The lowest BCUT2D eigenvalue weighted by Gasteiger charge is -2.32. The van der Waals surface area contributed by atoms with Crippen LogP contribution >= 0.6 is 11.6 Å². The Kier molecular flexibility index (Phi) is 5.48. The molecule has 5 heteroatoms. The molecule has 1 N–H and O–H groups in total. The minimum atomic E-state index is -0.0271. The number of piperidine rings is 1. The summed E-state index contributed by atoms with van der Waals surface area (Å²) in [7, 11) is 0. The Balaban J connectivity index is 1.52. The molecule has 2 heterocycles. The van der Waals surface area contributed by atoms with Gasteiger partial charge in [0.05, 0.1) is 0 Å². The molecule has 0 bridgehead atoms. The van der Waals surface area contributed by atoms with Gasteiger partial charge in [-0.05, 0) is 49.1 Å². The Bertz CT molecular complexity index is 697. The van der Waals surface area contributed by atoms with Gasteiger partial charge in [-0.3, -0.25) is 14.7 Å². The fraction of sp³-hybridized carbons (Fsp3) is 0.368. The molecular formula is C19H22ClN3O. The number of likely N-dealkylation sites (tertiary alicyclic amines) is 1. The molecule has 126 valence electrons. The van der Waals surface area contributed by atoms with Crippen molar-refractivity contribution in [2.24, 2.45) is 0 Å². The number of benzene rings is 1. The quantitative estimate of drug-likeness (QED) is 0.925. The number of hydrogen-bond donors (Lipinski definition) is 1. The lowest BCUT2D eigenvalue weighted by Crippen LogP contribution is -2.44. The summed E-state index contributed by atoms with van der Waals surface area (Å²) in [4.78, 5) is 19.0. The van der Waals surface area contributed by atoms with Crippen molar-refractivity contribution < 1.29 is 4.79 Å². The van der Waals surface area contributed by atoms with Gasteiger partial charge in [0.1, 0.15) is 0 Å². The Morgan fingerprint density at radius 1 is 1.33 bits per heavy atom. The Morgan fingerprint density at radius 3 is 2.83 bits per heavy atom. The molecule has 1 amide bonds. The van der Waals surface area contributed by atoms with Gasteiger partial charge >= 0.3 is 0 Å². The summed E-state index contributed by atoms with van der Waals surface area (Å²) in [5.74, 6) is -0.0271. The van der Waals surface area contributed by atoms with Gasteiger partial charge in [-0.1, -0.05) is 23.7 Å². The molecule has 2 aromatic rings. The van der Waals surface area contributed by atoms with Crippen LogP contribution in [0.1, 0.15) is 34.3 Å². The number of amides is 1. The van der Waals surface area contributed by atoms with Crippen LogP contribution in [0.2, 0.25) is 5.02 Å². The third-order valence-corrected chi connectivity index (χ3v) is 4.73. The zero-order valence-corrected chi connectivity index (χ0v) is 14.6. The van der Waals surface area contributed by atoms with Gasteiger partial charge in [0, 0.05) is 48.7 Å². The monoisotopic (exact) mass is 343 g/mol. The number of aryl methyl sites for hydroxylation is 1. The van der Waals surface area contributed by atoms with Crippen molar-refractivity contribution in [2.45, 2.75) is 32.4 Å². The van der Waals surface area contributed by atoms with Crippen molar-refractivity contribution in [1.82, 2.24) is 15.2 Å². The number of pyridine rings is 1. The van der Waals surface area contributed by atoms with Crippen LogP contribution in [0.5, 0.6) is 0 Å². The summed E-state index contributed by atoms with van der Waals surface area (Å²) in [6, 6.07) is 9.72. The van der Waals surface area contributed by atoms with Crippen LogP contribution in [0.15, 0.2) is 42.7 Å². The van der Waals surface area contributed by atoms with Crippen molar-refractivity contribution in [3.8, 4) is 0 Å². The normalized spacial score (nSPS) is 16.1. The number of aromatic nitrogens is 1. The molecule has 4 nitrogen and oxygen atoms in total. The van der Waals surface area contributed by atoms with Crippen molar-refractivity contribution in [1.29, 1.82) is 0 Å². The minimum Gasteiger partial charge on any atom is -0.349 e. The molecule has 1 aliphatic heterocycles. The minimum absolute atomic E-state index is 0.0271. The fourth-order valence-corrected chi connectivity index (χ4v) is 3.26. The third-order valence-electron chi connectivity index (χ3n) is 4.50. The summed E-state index contributed by atoms with van der Waals surface area (Å²) in [5, 5.41) is 3.75. The first-order chi connectivity index (χ1) is 11.6. The highest BCUT2D eigenvalue weighted by Gasteiger charge is 2.21. The number of halogens is 1. The molecule has 1 aromatic heterocycles. The average Bonchev–Trinajstić information content (AvgIpc) is 2.59. The van der Waals surface area contributed by atoms with Crippen molar-refractivity contribution in [3.05, 3.63) is 64.4 Å². The summed E-state index contributed by atoms with van der Waals surface area (Å²) in [6.07, 6.45) is 5.64. The predicted octanol–water partition coefficient (Wildman–Crippen LogP) is 3.44. The molecule has 1 aromatic carbocycles. The number of carbonyl (C=O) groups excluding carboxylic acids is 1. The van der Waals surface area contributed by atoms with Crippen molar-refractivity contribution in [3.63, 3.8) is 0 Å². The molecule has 0 spiro atoms. The fourth-order valence-electron chi connectivity index (χ4n) is 3.09. The van der Waals surface area contributed by atoms with Gasteiger partial charge in [0.2, 0.25) is 0 Å². The lowest BCUT2D eigenvalue weighted by molar-refractivity contribution is 0.0908. The van der Waals surface area contributed by atoms with Crippen LogP contribution in [0.4, 0.5) is 0 Å². The maximum Gasteiger partial charge on any atom is 0.251 e. The highest BCUT2D eigenvalue weighted by Crippen LogP contribution is 2.17. The van der Waals surface area contributed by atoms with Gasteiger partial charge in [-0.2, -0.15) is 0 Å². The zero-order valence-electron chi connectivity index (χ0n) is 13.8. The maximum atomic E-state index is 12.5. The topological polar surface area (TPSA) is 45.2 Å². The molecule has 0 unspecified atom stereocenters. The molecule has 24 heavy (non-hydrogen) atoms. The van der Waals surface area contributed by atoms with E-state index in [4.69, 9.17) is 11.6 Å². The molecule has 1 aliphatic rings. The van der Waals surface area contributed by atoms with Crippen LogP contribution in [0, 0.1) is 6.92 Å². The second-order valence-corrected chi connectivity index (χ2v) is 6.78. The smallest absolute Gasteiger partial charge is 0.251 e. The molecule has 0 atom stereocenters. The summed E-state index contributed by atoms with van der Waals surface area (Å²) >= 11 is 6.01. The van der Waals surface area contributed by atoms with E-state index in [1.807, 2.05) is 31.3 Å². The molecular weight excluding hydrogens is 322 g/mol. The Labute approximate surface area is 147 Å². The van der Waals surface area contributed by atoms with Gasteiger partial charge in [0.25, 0.3) is 5.91 Å². The van der Waals surface area contributed by atoms with Crippen LogP contribution in [0.3, 0.4) is 0 Å². The average molecular weight is 344 g/mol. The molecule has 0 aliphatic carbocycles. The van der Waals surface area contributed by atoms with Gasteiger partial charge < -0.3 is 5.32 Å². The maximum absolute atomic E-state index is 12.5. The van der Waals surface area contributed by atoms with Crippen LogP contribution in [-0.2, 0) is 6.54 Å². The van der Waals surface area contributed by atoms with E-state index in [1.54, 1.807) is 12.3 Å². The predicted molar refractivity (Wildman–Crippen MR) is 96.2 cm³/mol. The van der Waals surface area contributed by atoms with E-state index in [2.05, 4.69) is 21.3 Å². The standard InChI is InChI=1S/C19H22ClN3O/c1-14-4-5-16(20)11-18(14)19(24)22-17-6-9-23(10-7-17)13-15-3-2-8-21-12-15/h2-5,8,11-12,17H,6-7,9-10,13H2,1H3,(H,22,24). The number of rotatable bonds is 4. The summed E-state index contributed by atoms with van der Waals surface area (Å²) < 4.78 is 0. The second kappa shape index (κ2) is 7.77. The Morgan fingerprint density at radius 2 is 2.12 bits per heavy atom. The first kappa shape index (κ1) is 16.9. The number of nitrogens with one attached hydrogen (secondary N) is 1. The first-order valence-electron chi connectivity index (χ1n) is 8.30. The van der Waals surface area contributed by atoms with E-state index in [1.165, 1.54) is 5.56 Å². The molecule has 0 saturated carbocycles. The van der Waals surface area contributed by atoms with Gasteiger partial charge in [-0.15, -0.1) is 0 Å². The second-order valence-electron chi connectivity index (χ2n) is 6.34. The van der Waals surface area contributed by atoms with E-state index in [0.717, 1.165) is 38.0 Å². The van der Waals surface area contributed by atoms with Crippen LogP contribution in [0.25, 0.3) is 0 Å².